The molecule has 2 aromatic rings. The van der Waals surface area contributed by atoms with Gasteiger partial charge < -0.3 is 10.6 Å². The van der Waals surface area contributed by atoms with E-state index in [-0.39, 0.29) is 5.91 Å². The lowest BCUT2D eigenvalue weighted by Gasteiger charge is -2.09. The Kier molecular flexibility index (Phi) is 4.52. The van der Waals surface area contributed by atoms with Crippen LogP contribution in [0.3, 0.4) is 0 Å². The van der Waals surface area contributed by atoms with Gasteiger partial charge in [-0.3, -0.25) is 4.79 Å². The molecule has 0 unspecified atom stereocenters. The third-order valence-electron chi connectivity index (χ3n) is 2.85. The van der Waals surface area contributed by atoms with Crippen molar-refractivity contribution < 1.29 is 9.18 Å². The first kappa shape index (κ1) is 14.5. The zero-order valence-corrected chi connectivity index (χ0v) is 11.5. The van der Waals surface area contributed by atoms with E-state index in [1.54, 1.807) is 30.3 Å². The zero-order chi connectivity index (χ0) is 15.2. The molecule has 0 aliphatic heterocycles. The van der Waals surface area contributed by atoms with Gasteiger partial charge in [0.2, 0.25) is 5.91 Å². The summed E-state index contributed by atoms with van der Waals surface area (Å²) in [5.74, 6) is -0.565. The predicted molar refractivity (Wildman–Crippen MR) is 79.2 cm³/mol. The SMILES string of the molecule is CC(=O)Nc1cccc(NCc2ccc(C#N)cc2F)c1. The minimum atomic E-state index is -0.417. The molecule has 0 heterocycles. The van der Waals surface area contributed by atoms with Gasteiger partial charge in [-0.05, 0) is 30.3 Å². The summed E-state index contributed by atoms with van der Waals surface area (Å²) in [5.41, 5.74) is 2.21. The Morgan fingerprint density at radius 2 is 2.00 bits per heavy atom. The summed E-state index contributed by atoms with van der Waals surface area (Å²) < 4.78 is 13.7. The highest BCUT2D eigenvalue weighted by Gasteiger charge is 2.04. The predicted octanol–water partition coefficient (Wildman–Crippen LogP) is 3.27. The van der Waals surface area contributed by atoms with Gasteiger partial charge in [0.1, 0.15) is 5.82 Å². The molecule has 5 heteroatoms. The van der Waals surface area contributed by atoms with E-state index in [4.69, 9.17) is 5.26 Å². The topological polar surface area (TPSA) is 64.9 Å². The minimum absolute atomic E-state index is 0.148. The van der Waals surface area contributed by atoms with Crippen LogP contribution in [0.1, 0.15) is 18.1 Å². The molecule has 0 spiro atoms. The van der Waals surface area contributed by atoms with Gasteiger partial charge in [-0.1, -0.05) is 12.1 Å². The molecule has 2 N–H and O–H groups in total. The summed E-state index contributed by atoms with van der Waals surface area (Å²) >= 11 is 0. The fourth-order valence-corrected chi connectivity index (χ4v) is 1.87. The fourth-order valence-electron chi connectivity index (χ4n) is 1.87. The highest BCUT2D eigenvalue weighted by atomic mass is 19.1. The maximum Gasteiger partial charge on any atom is 0.221 e. The summed E-state index contributed by atoms with van der Waals surface area (Å²) in [7, 11) is 0. The van der Waals surface area contributed by atoms with Crippen molar-refractivity contribution in [3.05, 3.63) is 59.4 Å². The number of amides is 1. The monoisotopic (exact) mass is 283 g/mol. The molecule has 21 heavy (non-hydrogen) atoms. The van der Waals surface area contributed by atoms with Crippen LogP contribution in [0.15, 0.2) is 42.5 Å². The summed E-state index contributed by atoms with van der Waals surface area (Å²) in [6, 6.07) is 13.4. The van der Waals surface area contributed by atoms with E-state index < -0.39 is 5.82 Å². The lowest BCUT2D eigenvalue weighted by atomic mass is 10.1. The third kappa shape index (κ3) is 4.05. The van der Waals surface area contributed by atoms with E-state index in [0.29, 0.717) is 23.4 Å². The lowest BCUT2D eigenvalue weighted by molar-refractivity contribution is -0.114. The Morgan fingerprint density at radius 1 is 1.24 bits per heavy atom. The van der Waals surface area contributed by atoms with Crippen molar-refractivity contribution in [1.29, 1.82) is 5.26 Å². The van der Waals surface area contributed by atoms with Gasteiger partial charge in [0.15, 0.2) is 0 Å². The maximum atomic E-state index is 13.7. The maximum absolute atomic E-state index is 13.7. The Morgan fingerprint density at radius 3 is 2.67 bits per heavy atom. The molecule has 0 saturated heterocycles. The number of hydrogen-bond acceptors (Lipinski definition) is 3. The number of carbonyl (C=O) groups is 1. The van der Waals surface area contributed by atoms with Crippen molar-refractivity contribution in [3.8, 4) is 6.07 Å². The van der Waals surface area contributed by atoms with Gasteiger partial charge in [0.25, 0.3) is 0 Å². The minimum Gasteiger partial charge on any atom is -0.381 e. The molecule has 4 nitrogen and oxygen atoms in total. The van der Waals surface area contributed by atoms with Crippen LogP contribution in [0.4, 0.5) is 15.8 Å². The number of rotatable bonds is 4. The molecule has 106 valence electrons. The van der Waals surface area contributed by atoms with Crippen LogP contribution < -0.4 is 10.6 Å². The molecule has 0 fully saturated rings. The molecule has 0 aliphatic rings. The average molecular weight is 283 g/mol. The molecule has 2 aromatic carbocycles. The van der Waals surface area contributed by atoms with E-state index in [1.165, 1.54) is 13.0 Å². The Hall–Kier alpha value is -2.87. The van der Waals surface area contributed by atoms with Crippen LogP contribution in [0.25, 0.3) is 0 Å². The number of halogens is 1. The van der Waals surface area contributed by atoms with Crippen molar-refractivity contribution >= 4 is 17.3 Å². The third-order valence-corrected chi connectivity index (χ3v) is 2.85. The molecular formula is C16H14FN3O. The smallest absolute Gasteiger partial charge is 0.221 e. The first-order valence-electron chi connectivity index (χ1n) is 6.38. The van der Waals surface area contributed by atoms with Gasteiger partial charge in [-0.2, -0.15) is 5.26 Å². The van der Waals surface area contributed by atoms with Crippen molar-refractivity contribution in [3.63, 3.8) is 0 Å². The second-order valence-electron chi connectivity index (χ2n) is 4.53. The highest BCUT2D eigenvalue weighted by molar-refractivity contribution is 5.89. The van der Waals surface area contributed by atoms with Gasteiger partial charge in [0.05, 0.1) is 11.6 Å². The molecule has 0 atom stereocenters. The van der Waals surface area contributed by atoms with E-state index in [1.807, 2.05) is 12.1 Å². The van der Waals surface area contributed by atoms with E-state index in [0.717, 1.165) is 5.69 Å². The highest BCUT2D eigenvalue weighted by Crippen LogP contribution is 2.17. The van der Waals surface area contributed by atoms with E-state index >= 15 is 0 Å². The normalized spacial score (nSPS) is 9.76. The second-order valence-corrected chi connectivity index (χ2v) is 4.53. The Balaban J connectivity index is 2.06. The summed E-state index contributed by atoms with van der Waals surface area (Å²) in [6.45, 7) is 1.73. The Bertz CT molecular complexity index is 707. The van der Waals surface area contributed by atoms with E-state index in [9.17, 15) is 9.18 Å². The van der Waals surface area contributed by atoms with Crippen LogP contribution in [-0.2, 0) is 11.3 Å². The molecule has 0 aromatic heterocycles. The standard InChI is InChI=1S/C16H14FN3O/c1-11(21)20-15-4-2-3-14(8-15)19-10-13-6-5-12(9-18)7-16(13)17/h2-8,19H,10H2,1H3,(H,20,21). The molecule has 1 amide bonds. The second kappa shape index (κ2) is 6.53. The quantitative estimate of drug-likeness (QED) is 0.905. The molecule has 0 saturated carbocycles. The summed E-state index contributed by atoms with van der Waals surface area (Å²) in [4.78, 5) is 11.0. The van der Waals surface area contributed by atoms with Crippen molar-refractivity contribution in [2.45, 2.75) is 13.5 Å². The van der Waals surface area contributed by atoms with Crippen LogP contribution in [-0.4, -0.2) is 5.91 Å². The van der Waals surface area contributed by atoms with Crippen LogP contribution in [0, 0.1) is 17.1 Å². The summed E-state index contributed by atoms with van der Waals surface area (Å²) in [6.07, 6.45) is 0. The largest absolute Gasteiger partial charge is 0.381 e. The van der Waals surface area contributed by atoms with Crippen molar-refractivity contribution in [2.75, 3.05) is 10.6 Å². The first-order valence-corrected chi connectivity index (χ1v) is 6.38. The average Bonchev–Trinajstić information content (AvgIpc) is 2.45. The molecular weight excluding hydrogens is 269 g/mol. The lowest BCUT2D eigenvalue weighted by Crippen LogP contribution is -2.06. The number of nitrogens with one attached hydrogen (secondary N) is 2. The van der Waals surface area contributed by atoms with Gasteiger partial charge in [-0.25, -0.2) is 4.39 Å². The molecule has 0 aliphatic carbocycles. The number of benzene rings is 2. The van der Waals surface area contributed by atoms with E-state index in [2.05, 4.69) is 10.6 Å². The molecule has 0 bridgehead atoms. The molecule has 0 radical (unpaired) electrons. The molecule has 2 rings (SSSR count). The van der Waals surface area contributed by atoms with Crippen LogP contribution in [0.2, 0.25) is 0 Å². The van der Waals surface area contributed by atoms with Gasteiger partial charge in [0, 0.05) is 30.4 Å². The summed E-state index contributed by atoms with van der Waals surface area (Å²) in [5, 5.41) is 14.5. The number of nitriles is 1. The van der Waals surface area contributed by atoms with Crippen molar-refractivity contribution in [1.82, 2.24) is 0 Å². The number of hydrogen-bond donors (Lipinski definition) is 2. The number of nitrogens with zero attached hydrogens (tertiary/aromatic N) is 1. The number of anilines is 2. The van der Waals surface area contributed by atoms with Crippen LogP contribution >= 0.6 is 0 Å². The van der Waals surface area contributed by atoms with Gasteiger partial charge in [-0.15, -0.1) is 0 Å². The van der Waals surface area contributed by atoms with Gasteiger partial charge >= 0.3 is 0 Å². The van der Waals surface area contributed by atoms with Crippen LogP contribution in [0.5, 0.6) is 0 Å². The first-order chi connectivity index (χ1) is 10.1. The number of carbonyl (C=O) groups excluding carboxylic acids is 1. The zero-order valence-electron chi connectivity index (χ0n) is 11.5. The Labute approximate surface area is 122 Å². The van der Waals surface area contributed by atoms with Crippen molar-refractivity contribution in [2.24, 2.45) is 0 Å². The fraction of sp³-hybridized carbons (Fsp3) is 0.125.